The first-order valence-electron chi connectivity index (χ1n) is 1.41. The lowest BCUT2D eigenvalue weighted by Gasteiger charge is -1.56. The molecule has 0 fully saturated rings. The summed E-state index contributed by atoms with van der Waals surface area (Å²) in [5.74, 6) is 7.27. The first-order valence-corrected chi connectivity index (χ1v) is 1.94. The molecule has 0 aromatic carbocycles. The number of rotatable bonds is 0. The van der Waals surface area contributed by atoms with E-state index in [-0.39, 0.29) is 0 Å². The van der Waals surface area contributed by atoms with Gasteiger partial charge in [-0.3, -0.25) is 0 Å². The maximum atomic E-state index is 5.11. The summed E-state index contributed by atoms with van der Waals surface area (Å²) in [6.45, 7) is 0. The molecule has 0 aliphatic carbocycles. The Kier molecular flexibility index (Phi) is 3.98. The molecule has 0 amide bonds. The Hall–Kier alpha value is -0.590. The molecule has 0 aliphatic heterocycles. The molecule has 0 heterocycles. The Morgan fingerprint density at radius 1 is 1.67 bits per heavy atom. The molecule has 30 valence electrons. The quantitative estimate of drug-likeness (QED) is 0.311. The van der Waals surface area contributed by atoms with E-state index in [1.807, 2.05) is 0 Å². The smallest absolute Gasteiger partial charge is 0.0845 e. The first-order chi connectivity index (χ1) is 2.91. The van der Waals surface area contributed by atoms with Crippen LogP contribution in [0.15, 0.2) is 0 Å². The van der Waals surface area contributed by atoms with Crippen LogP contribution in [0.3, 0.4) is 0 Å². The van der Waals surface area contributed by atoms with E-state index in [4.69, 9.17) is 18.0 Å². The third-order valence-corrected chi connectivity index (χ3v) is 0.361. The minimum absolute atomic E-state index is 0.324. The highest BCUT2D eigenvalue weighted by atomic mass is 35.5. The van der Waals surface area contributed by atoms with Crippen molar-refractivity contribution in [2.75, 3.05) is 5.88 Å². The van der Waals surface area contributed by atoms with E-state index in [0.29, 0.717) is 5.88 Å². The van der Waals surface area contributed by atoms with Gasteiger partial charge in [0.2, 0.25) is 0 Å². The van der Waals surface area contributed by atoms with E-state index in [0.717, 1.165) is 0 Å². The van der Waals surface area contributed by atoms with Crippen LogP contribution in [-0.4, -0.2) is 5.88 Å². The van der Waals surface area contributed by atoms with Gasteiger partial charge in [0.1, 0.15) is 0 Å². The van der Waals surface area contributed by atoms with Crippen LogP contribution in [0.4, 0.5) is 0 Å². The second kappa shape index (κ2) is 4.41. The van der Waals surface area contributed by atoms with Crippen LogP contribution in [0, 0.1) is 24.2 Å². The zero-order chi connectivity index (χ0) is 4.83. The van der Waals surface area contributed by atoms with E-state index in [1.165, 1.54) is 0 Å². The topological polar surface area (TPSA) is 0 Å². The Morgan fingerprint density at radius 3 is 2.50 bits per heavy atom. The Morgan fingerprint density at radius 2 is 2.33 bits per heavy atom. The lowest BCUT2D eigenvalue weighted by Crippen LogP contribution is -1.54. The molecule has 0 saturated carbocycles. The molecule has 0 aliphatic rings. The van der Waals surface area contributed by atoms with Crippen molar-refractivity contribution in [3.63, 3.8) is 0 Å². The fourth-order valence-electron chi connectivity index (χ4n) is 0.0844. The third-order valence-electron chi connectivity index (χ3n) is 0.227. The number of hydrogen-bond donors (Lipinski definition) is 0. The van der Waals surface area contributed by atoms with Crippen molar-refractivity contribution in [1.29, 1.82) is 0 Å². The summed E-state index contributed by atoms with van der Waals surface area (Å²) >= 11 is 5.11. The van der Waals surface area contributed by atoms with Gasteiger partial charge >= 0.3 is 0 Å². The molecule has 6 heavy (non-hydrogen) atoms. The number of alkyl halides is 1. The highest BCUT2D eigenvalue weighted by Gasteiger charge is 1.53. The molecule has 0 aromatic heterocycles. The zero-order valence-electron chi connectivity index (χ0n) is 3.16. The lowest BCUT2D eigenvalue weighted by molar-refractivity contribution is 1.92. The van der Waals surface area contributed by atoms with Gasteiger partial charge in [0, 0.05) is 0 Å². The second-order valence-corrected chi connectivity index (χ2v) is 0.847. The van der Waals surface area contributed by atoms with Crippen LogP contribution in [0.2, 0.25) is 0 Å². The Labute approximate surface area is 42.5 Å². The van der Waals surface area contributed by atoms with Gasteiger partial charge in [-0.2, -0.15) is 0 Å². The summed E-state index contributed by atoms with van der Waals surface area (Å²) in [5, 5.41) is 0. The van der Waals surface area contributed by atoms with Crippen LogP contribution in [0.25, 0.3) is 0 Å². The monoisotopic (exact) mass is 98.0 g/mol. The Bertz CT molecular complexity index is 108. The summed E-state index contributed by atoms with van der Waals surface area (Å²) in [6.07, 6.45) is 4.73. The normalized spacial score (nSPS) is 4.67. The van der Waals surface area contributed by atoms with Gasteiger partial charge in [-0.15, -0.1) is 18.0 Å². The minimum Gasteiger partial charge on any atom is -0.113 e. The van der Waals surface area contributed by atoms with Gasteiger partial charge in [0.05, 0.1) is 5.88 Å². The van der Waals surface area contributed by atoms with Crippen molar-refractivity contribution in [3.05, 3.63) is 0 Å². The van der Waals surface area contributed by atoms with Gasteiger partial charge in [0.25, 0.3) is 0 Å². The van der Waals surface area contributed by atoms with Crippen LogP contribution >= 0.6 is 11.6 Å². The first kappa shape index (κ1) is 5.41. The predicted molar refractivity (Wildman–Crippen MR) is 27.3 cm³/mol. The fraction of sp³-hybridized carbons (Fsp3) is 0.200. The molecule has 0 aromatic rings. The molecule has 0 N–H and O–H groups in total. The minimum atomic E-state index is 0.324. The average molecular weight is 98.5 g/mol. The van der Waals surface area contributed by atoms with Gasteiger partial charge in [0.15, 0.2) is 0 Å². The summed E-state index contributed by atoms with van der Waals surface area (Å²) in [5.41, 5.74) is 0. The summed E-state index contributed by atoms with van der Waals surface area (Å²) in [6, 6.07) is 0. The molecular formula is C5H3Cl. The maximum absolute atomic E-state index is 5.11. The molecule has 0 rings (SSSR count). The molecule has 0 spiro atoms. The van der Waals surface area contributed by atoms with E-state index in [9.17, 15) is 0 Å². The summed E-state index contributed by atoms with van der Waals surface area (Å²) in [4.78, 5) is 0. The fourth-order valence-corrected chi connectivity index (χ4v) is 0.151. The summed E-state index contributed by atoms with van der Waals surface area (Å²) in [7, 11) is 0. The standard InChI is InChI=1S/C5H3Cl/c1-2-3-4-5-6/h1H,5H2. The van der Waals surface area contributed by atoms with Gasteiger partial charge in [-0.05, 0) is 11.8 Å². The van der Waals surface area contributed by atoms with Crippen molar-refractivity contribution in [2.45, 2.75) is 0 Å². The van der Waals surface area contributed by atoms with Crippen molar-refractivity contribution in [2.24, 2.45) is 0 Å². The van der Waals surface area contributed by atoms with Crippen molar-refractivity contribution in [3.8, 4) is 24.2 Å². The average Bonchev–Trinajstić information content (AvgIpc) is 1.61. The molecular weight excluding hydrogens is 95.5 g/mol. The van der Waals surface area contributed by atoms with E-state index in [2.05, 4.69) is 17.8 Å². The number of hydrogen-bond acceptors (Lipinski definition) is 0. The van der Waals surface area contributed by atoms with Crippen LogP contribution in [0.5, 0.6) is 0 Å². The molecule has 0 bridgehead atoms. The zero-order valence-corrected chi connectivity index (χ0v) is 3.92. The highest BCUT2D eigenvalue weighted by Crippen LogP contribution is 1.64. The van der Waals surface area contributed by atoms with Crippen molar-refractivity contribution < 1.29 is 0 Å². The largest absolute Gasteiger partial charge is 0.113 e. The van der Waals surface area contributed by atoms with Crippen LogP contribution in [0.1, 0.15) is 0 Å². The van der Waals surface area contributed by atoms with Gasteiger partial charge < -0.3 is 0 Å². The Balaban J connectivity index is 3.22. The molecule has 0 nitrogen and oxygen atoms in total. The third kappa shape index (κ3) is 3.41. The second-order valence-electron chi connectivity index (χ2n) is 0.580. The lowest BCUT2D eigenvalue weighted by atomic mass is 10.6. The van der Waals surface area contributed by atoms with E-state index >= 15 is 0 Å². The summed E-state index contributed by atoms with van der Waals surface area (Å²) < 4.78 is 0. The molecule has 1 heteroatoms. The maximum Gasteiger partial charge on any atom is 0.0845 e. The van der Waals surface area contributed by atoms with Gasteiger partial charge in [-0.1, -0.05) is 5.92 Å². The van der Waals surface area contributed by atoms with E-state index < -0.39 is 0 Å². The van der Waals surface area contributed by atoms with Gasteiger partial charge in [-0.25, -0.2) is 0 Å². The van der Waals surface area contributed by atoms with Crippen LogP contribution in [-0.2, 0) is 0 Å². The highest BCUT2D eigenvalue weighted by molar-refractivity contribution is 6.19. The number of halogens is 1. The van der Waals surface area contributed by atoms with Crippen molar-refractivity contribution >= 4 is 11.6 Å². The van der Waals surface area contributed by atoms with Crippen molar-refractivity contribution in [1.82, 2.24) is 0 Å². The molecule has 0 saturated heterocycles. The molecule has 0 unspecified atom stereocenters. The number of terminal acetylenes is 1. The predicted octanol–water partition coefficient (Wildman–Crippen LogP) is 0.862. The van der Waals surface area contributed by atoms with E-state index in [1.54, 1.807) is 0 Å². The molecule has 0 atom stereocenters. The SMILES string of the molecule is C#CC#CCCl. The van der Waals surface area contributed by atoms with Crippen LogP contribution < -0.4 is 0 Å². The molecule has 0 radical (unpaired) electrons.